The van der Waals surface area contributed by atoms with Crippen LogP contribution >= 0.6 is 0 Å². The van der Waals surface area contributed by atoms with E-state index in [1.807, 2.05) is 30.9 Å². The van der Waals surface area contributed by atoms with Crippen molar-refractivity contribution in [2.75, 3.05) is 12.3 Å². The summed E-state index contributed by atoms with van der Waals surface area (Å²) in [6.07, 6.45) is 0. The number of rotatable bonds is 1. The van der Waals surface area contributed by atoms with Crippen LogP contribution in [0.3, 0.4) is 0 Å². The number of anilines is 1. The molecule has 1 heterocycles. The molecule has 0 atom stereocenters. The van der Waals surface area contributed by atoms with Gasteiger partial charge in [0.05, 0.1) is 0 Å². The normalized spacial score (nSPS) is 14.7. The molecular formula is C11H14N2O. The molecule has 0 saturated carbocycles. The van der Waals surface area contributed by atoms with Gasteiger partial charge in [-0.05, 0) is 37.1 Å². The maximum atomic E-state index is 11.8. The molecule has 1 aromatic rings. The van der Waals surface area contributed by atoms with E-state index in [0.29, 0.717) is 6.54 Å². The van der Waals surface area contributed by atoms with Crippen LogP contribution in [0.25, 0.3) is 0 Å². The maximum Gasteiger partial charge on any atom is 0.254 e. The molecule has 1 aromatic carbocycles. The van der Waals surface area contributed by atoms with Crippen molar-refractivity contribution in [1.29, 1.82) is 0 Å². The number of nitrogens with zero attached hydrogens (tertiary/aromatic N) is 1. The summed E-state index contributed by atoms with van der Waals surface area (Å²) in [6.45, 7) is 5.39. The van der Waals surface area contributed by atoms with Gasteiger partial charge in [-0.3, -0.25) is 4.79 Å². The largest absolute Gasteiger partial charge is 0.399 e. The van der Waals surface area contributed by atoms with Crippen LogP contribution in [0.5, 0.6) is 0 Å². The summed E-state index contributed by atoms with van der Waals surface area (Å²) in [4.78, 5) is 13.7. The molecule has 1 aliphatic heterocycles. The number of nitrogens with two attached hydrogens (primary N) is 1. The van der Waals surface area contributed by atoms with E-state index in [2.05, 4.69) is 0 Å². The minimum Gasteiger partial charge on any atom is -0.399 e. The van der Waals surface area contributed by atoms with Gasteiger partial charge >= 0.3 is 0 Å². The van der Waals surface area contributed by atoms with Gasteiger partial charge in [0.2, 0.25) is 0 Å². The zero-order valence-corrected chi connectivity index (χ0v) is 8.50. The summed E-state index contributed by atoms with van der Waals surface area (Å²) in [5.74, 6) is 0.139. The van der Waals surface area contributed by atoms with Crippen molar-refractivity contribution in [1.82, 2.24) is 4.90 Å². The summed E-state index contributed by atoms with van der Waals surface area (Å²) in [5.41, 5.74) is 9.38. The lowest BCUT2D eigenvalue weighted by Gasteiger charge is -2.11. The van der Waals surface area contributed by atoms with E-state index >= 15 is 0 Å². The Bertz CT molecular complexity index is 399. The second kappa shape index (κ2) is 3.01. The van der Waals surface area contributed by atoms with Gasteiger partial charge in [-0.25, -0.2) is 0 Å². The van der Waals surface area contributed by atoms with Gasteiger partial charge in [0, 0.05) is 24.3 Å². The molecule has 0 radical (unpaired) electrons. The van der Waals surface area contributed by atoms with Gasteiger partial charge in [0.1, 0.15) is 0 Å². The Balaban J connectivity index is 2.54. The number of nitrogen functional groups attached to an aromatic ring is 1. The zero-order valence-electron chi connectivity index (χ0n) is 8.50. The smallest absolute Gasteiger partial charge is 0.254 e. The van der Waals surface area contributed by atoms with E-state index in [1.54, 1.807) is 0 Å². The third kappa shape index (κ3) is 1.16. The van der Waals surface area contributed by atoms with Gasteiger partial charge in [-0.15, -0.1) is 0 Å². The minimum atomic E-state index is 0.139. The number of carbonyl (C=O) groups excluding carboxylic acids is 1. The standard InChI is InChI=1S/C11H14N2O/c1-3-13-6-8-5-9(12)4-7(2)10(8)11(13)14/h4-5H,3,6,12H2,1-2H3. The topological polar surface area (TPSA) is 46.3 Å². The van der Waals surface area contributed by atoms with Gasteiger partial charge < -0.3 is 10.6 Å². The molecule has 74 valence electrons. The molecule has 0 bridgehead atoms. The predicted molar refractivity (Wildman–Crippen MR) is 56.0 cm³/mol. The fraction of sp³-hybridized carbons (Fsp3) is 0.364. The average Bonchev–Trinajstić information content (AvgIpc) is 2.42. The molecule has 1 aliphatic rings. The minimum absolute atomic E-state index is 0.139. The van der Waals surface area contributed by atoms with Crippen LogP contribution < -0.4 is 5.73 Å². The Morgan fingerprint density at radius 2 is 2.21 bits per heavy atom. The molecular weight excluding hydrogens is 176 g/mol. The van der Waals surface area contributed by atoms with Crippen LogP contribution in [-0.4, -0.2) is 17.4 Å². The number of aryl methyl sites for hydroxylation is 1. The summed E-state index contributed by atoms with van der Waals surface area (Å²) in [6, 6.07) is 3.76. The second-order valence-electron chi connectivity index (χ2n) is 3.69. The first kappa shape index (κ1) is 9.06. The third-order valence-electron chi connectivity index (χ3n) is 2.68. The number of hydrogen-bond acceptors (Lipinski definition) is 2. The van der Waals surface area contributed by atoms with Crippen molar-refractivity contribution in [2.24, 2.45) is 0 Å². The van der Waals surface area contributed by atoms with Crippen LogP contribution in [0, 0.1) is 6.92 Å². The lowest BCUT2D eigenvalue weighted by Crippen LogP contribution is -2.23. The van der Waals surface area contributed by atoms with Gasteiger partial charge in [-0.1, -0.05) is 0 Å². The van der Waals surface area contributed by atoms with E-state index in [9.17, 15) is 4.79 Å². The number of amides is 1. The highest BCUT2D eigenvalue weighted by Gasteiger charge is 2.27. The van der Waals surface area contributed by atoms with Crippen molar-refractivity contribution >= 4 is 11.6 Å². The van der Waals surface area contributed by atoms with Crippen molar-refractivity contribution in [3.05, 3.63) is 28.8 Å². The second-order valence-corrected chi connectivity index (χ2v) is 3.69. The Morgan fingerprint density at radius 3 is 2.86 bits per heavy atom. The van der Waals surface area contributed by atoms with Crippen molar-refractivity contribution < 1.29 is 4.79 Å². The highest BCUT2D eigenvalue weighted by Crippen LogP contribution is 2.27. The van der Waals surface area contributed by atoms with E-state index in [4.69, 9.17) is 5.73 Å². The van der Waals surface area contributed by atoms with E-state index in [-0.39, 0.29) is 5.91 Å². The quantitative estimate of drug-likeness (QED) is 0.683. The highest BCUT2D eigenvalue weighted by molar-refractivity contribution is 6.00. The van der Waals surface area contributed by atoms with E-state index in [0.717, 1.165) is 28.9 Å². The lowest BCUT2D eigenvalue weighted by molar-refractivity contribution is 0.0786. The molecule has 0 unspecified atom stereocenters. The molecule has 3 heteroatoms. The third-order valence-corrected chi connectivity index (χ3v) is 2.68. The fourth-order valence-corrected chi connectivity index (χ4v) is 2.01. The monoisotopic (exact) mass is 190 g/mol. The summed E-state index contributed by atoms with van der Waals surface area (Å²) in [5, 5.41) is 0. The van der Waals surface area contributed by atoms with E-state index in [1.165, 1.54) is 0 Å². The fourth-order valence-electron chi connectivity index (χ4n) is 2.01. The average molecular weight is 190 g/mol. The predicted octanol–water partition coefficient (Wildman–Crippen LogP) is 1.55. The molecule has 0 aliphatic carbocycles. The van der Waals surface area contributed by atoms with Crippen molar-refractivity contribution in [3.63, 3.8) is 0 Å². The van der Waals surface area contributed by atoms with Crippen molar-refractivity contribution in [3.8, 4) is 0 Å². The van der Waals surface area contributed by atoms with Crippen LogP contribution in [0.15, 0.2) is 12.1 Å². The van der Waals surface area contributed by atoms with E-state index < -0.39 is 0 Å². The Morgan fingerprint density at radius 1 is 1.50 bits per heavy atom. The molecule has 14 heavy (non-hydrogen) atoms. The number of hydrogen-bond donors (Lipinski definition) is 1. The SMILES string of the molecule is CCN1Cc2cc(N)cc(C)c2C1=O. The van der Waals surface area contributed by atoms with Gasteiger partial charge in [0.15, 0.2) is 0 Å². The molecule has 2 rings (SSSR count). The Labute approximate surface area is 83.5 Å². The lowest BCUT2D eigenvalue weighted by atomic mass is 10.0. The summed E-state index contributed by atoms with van der Waals surface area (Å²) in [7, 11) is 0. The molecule has 0 saturated heterocycles. The first-order chi connectivity index (χ1) is 6.63. The van der Waals surface area contributed by atoms with Crippen LogP contribution in [0.4, 0.5) is 5.69 Å². The molecule has 0 aromatic heterocycles. The van der Waals surface area contributed by atoms with Crippen LogP contribution in [0.2, 0.25) is 0 Å². The molecule has 0 fully saturated rings. The molecule has 1 amide bonds. The first-order valence-electron chi connectivity index (χ1n) is 4.81. The van der Waals surface area contributed by atoms with Crippen LogP contribution in [-0.2, 0) is 6.54 Å². The highest BCUT2D eigenvalue weighted by atomic mass is 16.2. The van der Waals surface area contributed by atoms with Gasteiger partial charge in [0.25, 0.3) is 5.91 Å². The maximum absolute atomic E-state index is 11.8. The Kier molecular flexibility index (Phi) is 1.95. The number of benzene rings is 1. The molecule has 3 nitrogen and oxygen atoms in total. The summed E-state index contributed by atoms with van der Waals surface area (Å²) >= 11 is 0. The summed E-state index contributed by atoms with van der Waals surface area (Å²) < 4.78 is 0. The van der Waals surface area contributed by atoms with Crippen molar-refractivity contribution in [2.45, 2.75) is 20.4 Å². The molecule has 0 spiro atoms. The molecule has 2 N–H and O–H groups in total. The van der Waals surface area contributed by atoms with Crippen LogP contribution in [0.1, 0.15) is 28.4 Å². The zero-order chi connectivity index (χ0) is 10.3. The first-order valence-corrected chi connectivity index (χ1v) is 4.81. The number of carbonyl (C=O) groups is 1. The van der Waals surface area contributed by atoms with Gasteiger partial charge in [-0.2, -0.15) is 0 Å². The Hall–Kier alpha value is -1.51. The number of fused-ring (bicyclic) bond motifs is 1.